The van der Waals surface area contributed by atoms with E-state index in [4.69, 9.17) is 11.6 Å². The molecule has 0 aliphatic rings. The van der Waals surface area contributed by atoms with Gasteiger partial charge < -0.3 is 5.32 Å². The van der Waals surface area contributed by atoms with Gasteiger partial charge in [-0.2, -0.15) is 0 Å². The first-order valence-electron chi connectivity index (χ1n) is 8.22. The first kappa shape index (κ1) is 20.3. The molecule has 0 bridgehead atoms. The molecule has 0 saturated carbocycles. The molecular formula is C20H17ClN2O3S2. The number of rotatable bonds is 6. The highest BCUT2D eigenvalue weighted by Gasteiger charge is 2.16. The van der Waals surface area contributed by atoms with Gasteiger partial charge in [0.05, 0.1) is 21.2 Å². The molecule has 1 amide bonds. The lowest BCUT2D eigenvalue weighted by Gasteiger charge is -2.11. The average Bonchev–Trinajstić information content (AvgIpc) is 2.70. The largest absolute Gasteiger partial charge is 0.322 e. The van der Waals surface area contributed by atoms with Crippen LogP contribution < -0.4 is 10.0 Å². The summed E-state index contributed by atoms with van der Waals surface area (Å²) in [7, 11) is -3.79. The Morgan fingerprint density at radius 3 is 2.25 bits per heavy atom. The maximum absolute atomic E-state index is 12.5. The molecule has 5 nitrogen and oxygen atoms in total. The van der Waals surface area contributed by atoms with Gasteiger partial charge in [0, 0.05) is 10.6 Å². The van der Waals surface area contributed by atoms with Crippen LogP contribution in [0.15, 0.2) is 82.6 Å². The summed E-state index contributed by atoms with van der Waals surface area (Å²) in [6.45, 7) is 0. The monoisotopic (exact) mass is 432 g/mol. The maximum Gasteiger partial charge on any atom is 0.261 e. The van der Waals surface area contributed by atoms with Crippen molar-refractivity contribution in [2.24, 2.45) is 0 Å². The van der Waals surface area contributed by atoms with E-state index in [1.807, 2.05) is 18.4 Å². The summed E-state index contributed by atoms with van der Waals surface area (Å²) in [4.78, 5) is 13.4. The van der Waals surface area contributed by atoms with Crippen LogP contribution in [0.25, 0.3) is 0 Å². The predicted octanol–water partition coefficient (Wildman–Crippen LogP) is 5.12. The third kappa shape index (κ3) is 4.67. The lowest BCUT2D eigenvalue weighted by Crippen LogP contribution is -2.14. The minimum atomic E-state index is -3.79. The second-order valence-electron chi connectivity index (χ2n) is 5.76. The number of hydrogen-bond donors (Lipinski definition) is 2. The van der Waals surface area contributed by atoms with Crippen molar-refractivity contribution in [1.82, 2.24) is 0 Å². The van der Waals surface area contributed by atoms with Crippen LogP contribution in [0.2, 0.25) is 5.02 Å². The van der Waals surface area contributed by atoms with Gasteiger partial charge in [-0.1, -0.05) is 35.9 Å². The number of carbonyl (C=O) groups is 1. The van der Waals surface area contributed by atoms with E-state index in [0.29, 0.717) is 22.0 Å². The molecule has 0 unspecified atom stereocenters. The van der Waals surface area contributed by atoms with E-state index in [1.165, 1.54) is 23.9 Å². The van der Waals surface area contributed by atoms with E-state index < -0.39 is 10.0 Å². The highest BCUT2D eigenvalue weighted by Crippen LogP contribution is 2.25. The fraction of sp³-hybridized carbons (Fsp3) is 0.0500. The summed E-state index contributed by atoms with van der Waals surface area (Å²) < 4.78 is 27.5. The summed E-state index contributed by atoms with van der Waals surface area (Å²) in [6, 6.07) is 19.8. The predicted molar refractivity (Wildman–Crippen MR) is 115 cm³/mol. The first-order valence-corrected chi connectivity index (χ1v) is 11.3. The van der Waals surface area contributed by atoms with E-state index in [0.717, 1.165) is 4.90 Å². The Morgan fingerprint density at radius 1 is 0.929 bits per heavy atom. The van der Waals surface area contributed by atoms with Gasteiger partial charge in [-0.25, -0.2) is 8.42 Å². The van der Waals surface area contributed by atoms with E-state index >= 15 is 0 Å². The smallest absolute Gasteiger partial charge is 0.261 e. The third-order valence-corrected chi connectivity index (χ3v) is 6.40. The third-order valence-electron chi connectivity index (χ3n) is 3.89. The molecule has 0 aromatic heterocycles. The summed E-state index contributed by atoms with van der Waals surface area (Å²) in [5.41, 5.74) is 1.36. The molecule has 3 rings (SSSR count). The van der Waals surface area contributed by atoms with Crippen molar-refractivity contribution in [2.75, 3.05) is 16.3 Å². The van der Waals surface area contributed by atoms with Crippen LogP contribution in [-0.2, 0) is 10.0 Å². The van der Waals surface area contributed by atoms with E-state index in [9.17, 15) is 13.2 Å². The average molecular weight is 433 g/mol. The number of amides is 1. The van der Waals surface area contributed by atoms with Crippen molar-refractivity contribution >= 4 is 50.7 Å². The maximum atomic E-state index is 12.5. The van der Waals surface area contributed by atoms with Crippen LogP contribution in [0.4, 0.5) is 11.4 Å². The molecule has 28 heavy (non-hydrogen) atoms. The number of nitrogens with one attached hydrogen (secondary N) is 2. The van der Waals surface area contributed by atoms with Gasteiger partial charge in [-0.05, 0) is 54.8 Å². The lowest BCUT2D eigenvalue weighted by atomic mass is 10.2. The minimum absolute atomic E-state index is 0.0648. The number of benzene rings is 3. The number of hydrogen-bond acceptors (Lipinski definition) is 4. The zero-order valence-electron chi connectivity index (χ0n) is 14.8. The van der Waals surface area contributed by atoms with Crippen LogP contribution in [0.1, 0.15) is 10.4 Å². The molecule has 0 spiro atoms. The second-order valence-corrected chi connectivity index (χ2v) is 8.70. The van der Waals surface area contributed by atoms with Crippen LogP contribution >= 0.6 is 23.4 Å². The normalized spacial score (nSPS) is 11.1. The van der Waals surface area contributed by atoms with Crippen molar-refractivity contribution < 1.29 is 13.2 Å². The highest BCUT2D eigenvalue weighted by atomic mass is 35.5. The van der Waals surface area contributed by atoms with Gasteiger partial charge in [0.1, 0.15) is 0 Å². The molecule has 0 heterocycles. The minimum Gasteiger partial charge on any atom is -0.322 e. The summed E-state index contributed by atoms with van der Waals surface area (Å²) in [6.07, 6.45) is 1.90. The summed E-state index contributed by atoms with van der Waals surface area (Å²) in [5.74, 6) is -0.255. The van der Waals surface area contributed by atoms with Gasteiger partial charge in [-0.3, -0.25) is 9.52 Å². The molecule has 0 aliphatic heterocycles. The summed E-state index contributed by atoms with van der Waals surface area (Å²) in [5, 5.41) is 3.09. The number of anilines is 2. The number of carbonyl (C=O) groups excluding carboxylic acids is 1. The molecule has 0 aliphatic carbocycles. The van der Waals surface area contributed by atoms with Gasteiger partial charge in [0.15, 0.2) is 0 Å². The van der Waals surface area contributed by atoms with Crippen LogP contribution in [0, 0.1) is 0 Å². The van der Waals surface area contributed by atoms with E-state index in [2.05, 4.69) is 10.0 Å². The SMILES string of the molecule is CSc1ccccc1C(=O)Nc1ccc(S(=O)(=O)Nc2ccccc2Cl)cc1. The molecule has 0 radical (unpaired) electrons. The van der Waals surface area contributed by atoms with Crippen LogP contribution in [-0.4, -0.2) is 20.6 Å². The first-order chi connectivity index (χ1) is 13.4. The van der Waals surface area contributed by atoms with Crippen molar-refractivity contribution in [3.05, 3.63) is 83.4 Å². The zero-order chi connectivity index (χ0) is 20.1. The highest BCUT2D eigenvalue weighted by molar-refractivity contribution is 7.98. The fourth-order valence-electron chi connectivity index (χ4n) is 2.50. The number of sulfonamides is 1. The van der Waals surface area contributed by atoms with Gasteiger partial charge in [0.2, 0.25) is 0 Å². The molecule has 144 valence electrons. The second kappa shape index (κ2) is 8.68. The molecular weight excluding hydrogens is 416 g/mol. The van der Waals surface area contributed by atoms with Gasteiger partial charge in [0.25, 0.3) is 15.9 Å². The van der Waals surface area contributed by atoms with E-state index in [1.54, 1.807) is 48.5 Å². The Labute approximate surface area is 173 Å². The lowest BCUT2D eigenvalue weighted by molar-refractivity contribution is 0.102. The quantitative estimate of drug-likeness (QED) is 0.530. The molecule has 0 atom stereocenters. The number of halogens is 1. The van der Waals surface area contributed by atoms with Crippen LogP contribution in [0.5, 0.6) is 0 Å². The van der Waals surface area contributed by atoms with Crippen molar-refractivity contribution in [1.29, 1.82) is 0 Å². The molecule has 3 aromatic carbocycles. The van der Waals surface area contributed by atoms with Crippen molar-refractivity contribution in [3.63, 3.8) is 0 Å². The Balaban J connectivity index is 1.76. The molecule has 0 fully saturated rings. The Morgan fingerprint density at radius 2 is 1.57 bits per heavy atom. The van der Waals surface area contributed by atoms with Crippen molar-refractivity contribution in [3.8, 4) is 0 Å². The molecule has 2 N–H and O–H groups in total. The number of para-hydroxylation sites is 1. The topological polar surface area (TPSA) is 75.3 Å². The number of thioether (sulfide) groups is 1. The van der Waals surface area contributed by atoms with E-state index in [-0.39, 0.29) is 10.8 Å². The zero-order valence-corrected chi connectivity index (χ0v) is 17.2. The molecule has 0 saturated heterocycles. The Hall–Kier alpha value is -2.48. The van der Waals surface area contributed by atoms with Crippen molar-refractivity contribution in [2.45, 2.75) is 9.79 Å². The Kier molecular flexibility index (Phi) is 6.28. The van der Waals surface area contributed by atoms with Crippen LogP contribution in [0.3, 0.4) is 0 Å². The van der Waals surface area contributed by atoms with Gasteiger partial charge >= 0.3 is 0 Å². The standard InChI is InChI=1S/C20H17ClN2O3S2/c1-27-19-9-5-2-6-16(19)20(24)22-14-10-12-15(13-11-14)28(25,26)23-18-8-4-3-7-17(18)21/h2-13,23H,1H3,(H,22,24). The molecule has 3 aromatic rings. The molecule has 8 heteroatoms. The van der Waals surface area contributed by atoms with Gasteiger partial charge in [-0.15, -0.1) is 11.8 Å². The Bertz CT molecular complexity index is 1100. The fourth-order valence-corrected chi connectivity index (χ4v) is 4.41. The summed E-state index contributed by atoms with van der Waals surface area (Å²) >= 11 is 7.49.